The molecule has 2 saturated heterocycles. The molecule has 2 aliphatic rings. The molecule has 0 amide bonds. The number of ether oxygens (including phenoxy) is 3. The Hall–Kier alpha value is -4.60. The van der Waals surface area contributed by atoms with Crippen LogP contribution >= 0.6 is 0 Å². The number of carbonyl (C=O) groups is 1. The Morgan fingerprint density at radius 3 is 2.73 bits per heavy atom. The number of hydrogen-bond donors (Lipinski definition) is 0. The molecule has 0 spiro atoms. The Labute approximate surface area is 259 Å². The Kier molecular flexibility index (Phi) is 8.91. The largest absolute Gasteiger partial charge is 0.473 e. The van der Waals surface area contributed by atoms with Gasteiger partial charge in [-0.1, -0.05) is 12.1 Å². The van der Waals surface area contributed by atoms with Gasteiger partial charge in [0.2, 0.25) is 5.88 Å². The third-order valence-electron chi connectivity index (χ3n) is 8.55. The maximum atomic E-state index is 14.7. The van der Waals surface area contributed by atoms with E-state index in [4.69, 9.17) is 24.5 Å². The van der Waals surface area contributed by atoms with Crippen LogP contribution in [0.4, 0.5) is 14.6 Å². The van der Waals surface area contributed by atoms with E-state index >= 15 is 0 Å². The minimum Gasteiger partial charge on any atom is -0.473 e. The number of pyridine rings is 1. The van der Waals surface area contributed by atoms with E-state index in [2.05, 4.69) is 14.5 Å². The normalized spacial score (nSPS) is 19.1. The van der Waals surface area contributed by atoms with Crippen LogP contribution < -0.4 is 9.64 Å². The van der Waals surface area contributed by atoms with E-state index in [9.17, 15) is 13.6 Å². The van der Waals surface area contributed by atoms with Gasteiger partial charge in [0.25, 0.3) is 0 Å². The zero-order valence-corrected chi connectivity index (χ0v) is 25.2. The number of benzene rings is 2. The van der Waals surface area contributed by atoms with Crippen LogP contribution in [0.5, 0.6) is 5.88 Å². The molecule has 3 atom stereocenters. The highest BCUT2D eigenvalue weighted by Gasteiger charge is 2.34. The number of imidazole rings is 1. The summed E-state index contributed by atoms with van der Waals surface area (Å²) >= 11 is 0. The molecule has 0 bridgehead atoms. The van der Waals surface area contributed by atoms with Crippen molar-refractivity contribution in [3.05, 3.63) is 82.9 Å². The van der Waals surface area contributed by atoms with Crippen LogP contribution in [-0.4, -0.2) is 77.6 Å². The van der Waals surface area contributed by atoms with E-state index in [1.807, 2.05) is 30.0 Å². The highest BCUT2D eigenvalue weighted by molar-refractivity contribution is 5.93. The molecule has 45 heavy (non-hydrogen) atoms. The van der Waals surface area contributed by atoms with Gasteiger partial charge < -0.3 is 23.7 Å². The zero-order chi connectivity index (χ0) is 31.5. The number of alkyl halides is 1. The summed E-state index contributed by atoms with van der Waals surface area (Å²) in [7, 11) is 1.35. The quantitative estimate of drug-likeness (QED) is 0.232. The molecule has 234 valence electrons. The summed E-state index contributed by atoms with van der Waals surface area (Å²) in [6.07, 6.45) is 0.992. The number of esters is 1. The van der Waals surface area contributed by atoms with Crippen molar-refractivity contribution in [3.8, 4) is 11.9 Å². The van der Waals surface area contributed by atoms with Gasteiger partial charge in [-0.3, -0.25) is 4.90 Å². The van der Waals surface area contributed by atoms with Crippen molar-refractivity contribution in [2.24, 2.45) is 0 Å². The van der Waals surface area contributed by atoms with Gasteiger partial charge in [-0.05, 0) is 49.7 Å². The van der Waals surface area contributed by atoms with E-state index in [0.717, 1.165) is 23.3 Å². The SMILES string of the molecule is COC(=O)c1ccc2nc([C@H](C)N3CCN(c4cccc(OCc5ccc(C#N)cc5F)n4)C[C@@H]3CF)n(C[C@@H]3CCO3)c2c1. The molecule has 0 saturated carbocycles. The second-order valence-corrected chi connectivity index (χ2v) is 11.3. The lowest BCUT2D eigenvalue weighted by Crippen LogP contribution is -2.55. The number of nitrogens with zero attached hydrogens (tertiary/aromatic N) is 6. The molecule has 4 aromatic rings. The first-order valence-corrected chi connectivity index (χ1v) is 14.9. The topological polar surface area (TPSA) is 106 Å². The third kappa shape index (κ3) is 6.32. The standard InChI is InChI=1S/C33H34F2N6O4/c1-21(32-37-28-9-8-23(33(42)43-2)15-29(28)41(32)19-26-10-13-44-26)40-12-11-39(18-25(40)16-34)30-4-3-5-31(38-30)45-20-24-7-6-22(17-36)14-27(24)35/h3-9,14-15,21,25-26H,10-13,16,18-20H2,1-2H3/t21-,25-,26-/m0/s1. The summed E-state index contributed by atoms with van der Waals surface area (Å²) in [5.74, 6) is 0.819. The molecular weight excluding hydrogens is 582 g/mol. The number of halogens is 2. The number of methoxy groups -OCH3 is 1. The average Bonchev–Trinajstić information content (AvgIpc) is 3.42. The summed E-state index contributed by atoms with van der Waals surface area (Å²) in [6.45, 7) is 4.30. The van der Waals surface area contributed by atoms with E-state index in [1.54, 1.807) is 30.3 Å². The van der Waals surface area contributed by atoms with E-state index in [1.165, 1.54) is 19.2 Å². The van der Waals surface area contributed by atoms with Crippen molar-refractivity contribution in [1.29, 1.82) is 5.26 Å². The van der Waals surface area contributed by atoms with Crippen LogP contribution in [0, 0.1) is 17.1 Å². The summed E-state index contributed by atoms with van der Waals surface area (Å²) in [5, 5.41) is 8.96. The number of rotatable bonds is 10. The van der Waals surface area contributed by atoms with Crippen molar-refractivity contribution in [2.75, 3.05) is 44.9 Å². The van der Waals surface area contributed by atoms with E-state index in [-0.39, 0.29) is 24.3 Å². The highest BCUT2D eigenvalue weighted by atomic mass is 19.1. The van der Waals surface area contributed by atoms with Gasteiger partial charge >= 0.3 is 5.97 Å². The monoisotopic (exact) mass is 616 g/mol. The van der Waals surface area contributed by atoms with Gasteiger partial charge in [0.1, 0.15) is 30.7 Å². The van der Waals surface area contributed by atoms with Gasteiger partial charge in [-0.2, -0.15) is 10.2 Å². The second kappa shape index (κ2) is 13.2. The van der Waals surface area contributed by atoms with Crippen LogP contribution in [0.2, 0.25) is 0 Å². The molecule has 2 fully saturated rings. The average molecular weight is 617 g/mol. The third-order valence-corrected chi connectivity index (χ3v) is 8.55. The van der Waals surface area contributed by atoms with Gasteiger partial charge in [0.15, 0.2) is 0 Å². The molecular formula is C33H34F2N6O4. The molecule has 12 heteroatoms. The van der Waals surface area contributed by atoms with Gasteiger partial charge in [-0.25, -0.2) is 18.6 Å². The fraction of sp³-hybridized carbons (Fsp3) is 0.394. The predicted octanol–water partition coefficient (Wildman–Crippen LogP) is 4.82. The molecule has 0 N–H and O–H groups in total. The smallest absolute Gasteiger partial charge is 0.337 e. The fourth-order valence-corrected chi connectivity index (χ4v) is 5.95. The number of anilines is 1. The molecule has 2 aromatic carbocycles. The van der Waals surface area contributed by atoms with Gasteiger partial charge in [0.05, 0.1) is 60.1 Å². The van der Waals surface area contributed by atoms with Crippen molar-refractivity contribution >= 4 is 22.8 Å². The molecule has 0 radical (unpaired) electrons. The second-order valence-electron chi connectivity index (χ2n) is 11.3. The van der Waals surface area contributed by atoms with Crippen LogP contribution in [0.15, 0.2) is 54.6 Å². The Balaban J connectivity index is 1.19. The van der Waals surface area contributed by atoms with Gasteiger partial charge in [0, 0.05) is 37.9 Å². The number of nitriles is 1. The number of fused-ring (bicyclic) bond motifs is 1. The maximum Gasteiger partial charge on any atom is 0.337 e. The molecule has 0 aliphatic carbocycles. The maximum absolute atomic E-state index is 14.7. The van der Waals surface area contributed by atoms with Gasteiger partial charge in [-0.15, -0.1) is 0 Å². The first kappa shape index (κ1) is 30.4. The van der Waals surface area contributed by atoms with Crippen molar-refractivity contribution in [2.45, 2.75) is 44.7 Å². The van der Waals surface area contributed by atoms with Crippen molar-refractivity contribution in [3.63, 3.8) is 0 Å². The molecule has 2 aliphatic heterocycles. The minimum atomic E-state index is -0.562. The molecule has 2 aromatic heterocycles. The Bertz CT molecular complexity index is 1740. The summed E-state index contributed by atoms with van der Waals surface area (Å²) < 4.78 is 47.5. The van der Waals surface area contributed by atoms with Crippen LogP contribution in [0.1, 0.15) is 46.7 Å². The predicted molar refractivity (Wildman–Crippen MR) is 162 cm³/mol. The summed E-state index contributed by atoms with van der Waals surface area (Å²) in [6, 6.07) is 16.2. The summed E-state index contributed by atoms with van der Waals surface area (Å²) in [5.41, 5.74) is 2.56. The summed E-state index contributed by atoms with van der Waals surface area (Å²) in [4.78, 5) is 26.0. The number of carbonyl (C=O) groups excluding carboxylic acids is 1. The number of hydrogen-bond acceptors (Lipinski definition) is 9. The van der Waals surface area contributed by atoms with Crippen molar-refractivity contribution in [1.82, 2.24) is 19.4 Å². The number of aromatic nitrogens is 3. The Morgan fingerprint density at radius 1 is 1.18 bits per heavy atom. The highest BCUT2D eigenvalue weighted by Crippen LogP contribution is 2.31. The fourth-order valence-electron chi connectivity index (χ4n) is 5.95. The lowest BCUT2D eigenvalue weighted by Gasteiger charge is -2.43. The molecule has 10 nitrogen and oxygen atoms in total. The van der Waals surface area contributed by atoms with Crippen molar-refractivity contribution < 1.29 is 27.8 Å². The van der Waals surface area contributed by atoms with Crippen LogP contribution in [-0.2, 0) is 22.6 Å². The zero-order valence-electron chi connectivity index (χ0n) is 25.2. The molecule has 6 rings (SSSR count). The molecule has 4 heterocycles. The van der Waals surface area contributed by atoms with E-state index < -0.39 is 24.5 Å². The lowest BCUT2D eigenvalue weighted by atomic mass is 10.1. The van der Waals surface area contributed by atoms with Crippen LogP contribution in [0.25, 0.3) is 11.0 Å². The van der Waals surface area contributed by atoms with E-state index in [0.29, 0.717) is 55.6 Å². The molecule has 0 unspecified atom stereocenters. The lowest BCUT2D eigenvalue weighted by molar-refractivity contribution is -0.0595. The van der Waals surface area contributed by atoms with Crippen LogP contribution in [0.3, 0.4) is 0 Å². The first-order valence-electron chi connectivity index (χ1n) is 14.9. The minimum absolute atomic E-state index is 0.0413. The first-order chi connectivity index (χ1) is 21.9. The Morgan fingerprint density at radius 2 is 2.02 bits per heavy atom. The number of piperazine rings is 1.